The number of aromatic nitrogens is 2. The zero-order chi connectivity index (χ0) is 14.1. The molecule has 5 heteroatoms. The van der Waals surface area contributed by atoms with Gasteiger partial charge >= 0.3 is 0 Å². The zero-order valence-corrected chi connectivity index (χ0v) is 11.2. The quantitative estimate of drug-likeness (QED) is 0.922. The van der Waals surface area contributed by atoms with Crippen LogP contribution in [-0.2, 0) is 0 Å². The standard InChI is InChI=1S/C15H15N5/c1-20(12-5-3-2-4-11(12)9-16)14-8-13(17)18-15(19-14)10-6-7-10/h2-5,8,10H,6-7H2,1H3,(H2,17,18,19). The first-order valence-corrected chi connectivity index (χ1v) is 6.56. The number of hydrogen-bond acceptors (Lipinski definition) is 5. The molecule has 0 radical (unpaired) electrons. The molecular weight excluding hydrogens is 250 g/mol. The molecule has 0 amide bonds. The van der Waals surface area contributed by atoms with E-state index in [4.69, 9.17) is 5.73 Å². The molecule has 1 aliphatic rings. The van der Waals surface area contributed by atoms with Crippen LogP contribution in [0.3, 0.4) is 0 Å². The highest BCUT2D eigenvalue weighted by Gasteiger charge is 2.27. The van der Waals surface area contributed by atoms with Gasteiger partial charge in [-0.05, 0) is 25.0 Å². The molecule has 2 N–H and O–H groups in total. The minimum absolute atomic E-state index is 0.442. The van der Waals surface area contributed by atoms with Crippen LogP contribution >= 0.6 is 0 Å². The number of nitrogen functional groups attached to an aromatic ring is 1. The number of benzene rings is 1. The smallest absolute Gasteiger partial charge is 0.138 e. The molecule has 1 fully saturated rings. The lowest BCUT2D eigenvalue weighted by molar-refractivity contribution is 0.919. The highest BCUT2D eigenvalue weighted by molar-refractivity contribution is 5.67. The minimum atomic E-state index is 0.442. The largest absolute Gasteiger partial charge is 0.384 e. The fourth-order valence-electron chi connectivity index (χ4n) is 2.15. The summed E-state index contributed by atoms with van der Waals surface area (Å²) in [5.74, 6) is 2.44. The second-order valence-electron chi connectivity index (χ2n) is 4.97. The molecule has 100 valence electrons. The molecule has 0 atom stereocenters. The summed E-state index contributed by atoms with van der Waals surface area (Å²) in [5, 5.41) is 9.19. The lowest BCUT2D eigenvalue weighted by Gasteiger charge is -2.20. The van der Waals surface area contributed by atoms with Gasteiger partial charge in [-0.25, -0.2) is 9.97 Å². The summed E-state index contributed by atoms with van der Waals surface area (Å²) in [5.41, 5.74) is 7.29. The summed E-state index contributed by atoms with van der Waals surface area (Å²) in [6.45, 7) is 0. The zero-order valence-electron chi connectivity index (χ0n) is 11.2. The number of nitrogens with two attached hydrogens (primary N) is 1. The van der Waals surface area contributed by atoms with Crippen molar-refractivity contribution in [2.45, 2.75) is 18.8 Å². The molecule has 20 heavy (non-hydrogen) atoms. The van der Waals surface area contributed by atoms with Gasteiger partial charge in [-0.15, -0.1) is 0 Å². The Labute approximate surface area is 117 Å². The van der Waals surface area contributed by atoms with Crippen molar-refractivity contribution in [2.75, 3.05) is 17.7 Å². The Morgan fingerprint density at radius 1 is 1.30 bits per heavy atom. The third-order valence-electron chi connectivity index (χ3n) is 3.42. The van der Waals surface area contributed by atoms with Crippen molar-refractivity contribution in [1.29, 1.82) is 5.26 Å². The molecule has 1 aromatic carbocycles. The summed E-state index contributed by atoms with van der Waals surface area (Å²) in [4.78, 5) is 10.7. The van der Waals surface area contributed by atoms with Gasteiger partial charge in [0.25, 0.3) is 0 Å². The first-order valence-electron chi connectivity index (χ1n) is 6.56. The summed E-state index contributed by atoms with van der Waals surface area (Å²) < 4.78 is 0. The predicted octanol–water partition coefficient (Wildman–Crippen LogP) is 2.58. The predicted molar refractivity (Wildman–Crippen MR) is 77.6 cm³/mol. The van der Waals surface area contributed by atoms with Crippen LogP contribution in [0.5, 0.6) is 0 Å². The summed E-state index contributed by atoms with van der Waals surface area (Å²) in [6.07, 6.45) is 2.25. The van der Waals surface area contributed by atoms with Crippen LogP contribution in [0.1, 0.15) is 30.1 Å². The number of anilines is 3. The van der Waals surface area contributed by atoms with Crippen molar-refractivity contribution in [2.24, 2.45) is 0 Å². The van der Waals surface area contributed by atoms with Crippen molar-refractivity contribution in [3.63, 3.8) is 0 Å². The normalized spacial score (nSPS) is 13.8. The molecule has 2 aromatic rings. The highest BCUT2D eigenvalue weighted by atomic mass is 15.2. The van der Waals surface area contributed by atoms with Gasteiger partial charge < -0.3 is 10.6 Å². The molecule has 1 saturated carbocycles. The number of rotatable bonds is 3. The molecule has 3 rings (SSSR count). The Morgan fingerprint density at radius 3 is 2.75 bits per heavy atom. The van der Waals surface area contributed by atoms with E-state index in [9.17, 15) is 5.26 Å². The molecule has 0 saturated heterocycles. The van der Waals surface area contributed by atoms with Crippen LogP contribution in [-0.4, -0.2) is 17.0 Å². The van der Waals surface area contributed by atoms with Crippen molar-refractivity contribution in [3.05, 3.63) is 41.7 Å². The van der Waals surface area contributed by atoms with Crippen LogP contribution in [0.15, 0.2) is 30.3 Å². The van der Waals surface area contributed by atoms with E-state index in [0.717, 1.165) is 30.2 Å². The van der Waals surface area contributed by atoms with E-state index >= 15 is 0 Å². The van der Waals surface area contributed by atoms with E-state index in [1.807, 2.05) is 30.1 Å². The van der Waals surface area contributed by atoms with Gasteiger partial charge in [0, 0.05) is 19.0 Å². The molecule has 0 bridgehead atoms. The maximum atomic E-state index is 9.19. The molecule has 0 spiro atoms. The van der Waals surface area contributed by atoms with Gasteiger partial charge in [0.1, 0.15) is 23.5 Å². The van der Waals surface area contributed by atoms with Gasteiger partial charge in [-0.1, -0.05) is 12.1 Å². The summed E-state index contributed by atoms with van der Waals surface area (Å²) in [6, 6.07) is 11.4. The van der Waals surface area contributed by atoms with Gasteiger partial charge in [0.15, 0.2) is 0 Å². The first-order chi connectivity index (χ1) is 9.69. The molecule has 1 aliphatic carbocycles. The lowest BCUT2D eigenvalue weighted by Crippen LogP contribution is -2.14. The van der Waals surface area contributed by atoms with Gasteiger partial charge in [-0.3, -0.25) is 0 Å². The number of nitriles is 1. The SMILES string of the molecule is CN(c1cc(N)nc(C2CC2)n1)c1ccccc1C#N. The number of nitrogens with zero attached hydrogens (tertiary/aromatic N) is 4. The molecular formula is C15H15N5. The molecule has 5 nitrogen and oxygen atoms in total. The van der Waals surface area contributed by atoms with Crippen LogP contribution in [0.4, 0.5) is 17.3 Å². The maximum Gasteiger partial charge on any atom is 0.138 e. The Kier molecular flexibility index (Phi) is 2.99. The van der Waals surface area contributed by atoms with Crippen LogP contribution < -0.4 is 10.6 Å². The molecule has 1 heterocycles. The van der Waals surface area contributed by atoms with E-state index in [1.165, 1.54) is 0 Å². The minimum Gasteiger partial charge on any atom is -0.384 e. The van der Waals surface area contributed by atoms with Crippen LogP contribution in [0, 0.1) is 11.3 Å². The van der Waals surface area contributed by atoms with Crippen LogP contribution in [0.25, 0.3) is 0 Å². The average Bonchev–Trinajstić information content (AvgIpc) is 3.30. The third kappa shape index (κ3) is 2.28. The summed E-state index contributed by atoms with van der Waals surface area (Å²) in [7, 11) is 1.88. The van der Waals surface area contributed by atoms with Gasteiger partial charge in [0.2, 0.25) is 0 Å². The van der Waals surface area contributed by atoms with E-state index in [1.54, 1.807) is 12.1 Å². The molecule has 0 aliphatic heterocycles. The highest BCUT2D eigenvalue weighted by Crippen LogP contribution is 2.39. The van der Waals surface area contributed by atoms with E-state index < -0.39 is 0 Å². The monoisotopic (exact) mass is 265 g/mol. The van der Waals surface area contributed by atoms with Crippen molar-refractivity contribution < 1.29 is 0 Å². The van der Waals surface area contributed by atoms with Crippen LogP contribution in [0.2, 0.25) is 0 Å². The summed E-state index contributed by atoms with van der Waals surface area (Å²) >= 11 is 0. The average molecular weight is 265 g/mol. The molecule has 0 unspecified atom stereocenters. The van der Waals surface area contributed by atoms with Crippen molar-refractivity contribution in [3.8, 4) is 6.07 Å². The van der Waals surface area contributed by atoms with Gasteiger partial charge in [-0.2, -0.15) is 5.26 Å². The fraction of sp³-hybridized carbons (Fsp3) is 0.267. The van der Waals surface area contributed by atoms with E-state index in [2.05, 4.69) is 16.0 Å². The number of para-hydroxylation sites is 1. The third-order valence-corrected chi connectivity index (χ3v) is 3.42. The Morgan fingerprint density at radius 2 is 2.05 bits per heavy atom. The lowest BCUT2D eigenvalue weighted by atomic mass is 10.2. The maximum absolute atomic E-state index is 9.19. The molecule has 1 aromatic heterocycles. The Bertz CT molecular complexity index is 685. The Hall–Kier alpha value is -2.61. The van der Waals surface area contributed by atoms with Gasteiger partial charge in [0.05, 0.1) is 11.3 Å². The fourth-order valence-corrected chi connectivity index (χ4v) is 2.15. The van der Waals surface area contributed by atoms with Crippen molar-refractivity contribution in [1.82, 2.24) is 9.97 Å². The second kappa shape index (κ2) is 4.82. The number of hydrogen-bond donors (Lipinski definition) is 1. The van der Waals surface area contributed by atoms with E-state index in [-0.39, 0.29) is 0 Å². The first kappa shape index (κ1) is 12.4. The van der Waals surface area contributed by atoms with Crippen molar-refractivity contribution >= 4 is 17.3 Å². The topological polar surface area (TPSA) is 78.8 Å². The van der Waals surface area contributed by atoms with E-state index in [0.29, 0.717) is 17.3 Å². The second-order valence-corrected chi connectivity index (χ2v) is 4.97. The Balaban J connectivity index is 2.02.